The molecule has 1 atom stereocenters. The van der Waals surface area contributed by atoms with Crippen molar-refractivity contribution in [3.8, 4) is 0 Å². The second kappa shape index (κ2) is 12.6. The largest absolute Gasteiger partial charge is 0.387 e. The average Bonchev–Trinajstić information content (AvgIpc) is 2.82. The summed E-state index contributed by atoms with van der Waals surface area (Å²) in [5.74, 6) is 2.61. The molecule has 7 heteroatoms. The van der Waals surface area contributed by atoms with Gasteiger partial charge in [-0.3, -0.25) is 4.99 Å². The SMILES string of the molecule is CCNC(=NCC1(O)CCSC1)NCCOC1CCCCCC1.I. The van der Waals surface area contributed by atoms with E-state index in [9.17, 15) is 5.11 Å². The van der Waals surface area contributed by atoms with E-state index in [-0.39, 0.29) is 24.0 Å². The lowest BCUT2D eigenvalue weighted by Crippen LogP contribution is -2.41. The third-order valence-electron chi connectivity index (χ3n) is 4.51. The predicted molar refractivity (Wildman–Crippen MR) is 114 cm³/mol. The van der Waals surface area contributed by atoms with Gasteiger partial charge in [-0.15, -0.1) is 24.0 Å². The Morgan fingerprint density at radius 1 is 1.25 bits per heavy atom. The molecule has 2 fully saturated rings. The second-order valence-electron chi connectivity index (χ2n) is 6.63. The number of thioether (sulfide) groups is 1. The molecule has 1 aliphatic heterocycles. The van der Waals surface area contributed by atoms with Crippen LogP contribution in [0.3, 0.4) is 0 Å². The van der Waals surface area contributed by atoms with Crippen LogP contribution in [0.25, 0.3) is 0 Å². The standard InChI is InChI=1S/C17H33N3O2S.HI/c1-2-18-16(20-13-17(21)9-12-23-14-17)19-10-11-22-15-7-5-3-4-6-8-15;/h15,21H,2-14H2,1H3,(H2,18,19,20);1H. The van der Waals surface area contributed by atoms with Crippen molar-refractivity contribution < 1.29 is 9.84 Å². The van der Waals surface area contributed by atoms with E-state index in [4.69, 9.17) is 4.74 Å². The Hall–Kier alpha value is 0.270. The van der Waals surface area contributed by atoms with E-state index in [1.807, 2.05) is 0 Å². The number of guanidine groups is 1. The quantitative estimate of drug-likeness (QED) is 0.175. The number of halogens is 1. The van der Waals surface area contributed by atoms with Crippen molar-refractivity contribution in [2.24, 2.45) is 4.99 Å². The molecule has 0 radical (unpaired) electrons. The molecular formula is C17H34IN3O2S. The molecule has 0 bridgehead atoms. The van der Waals surface area contributed by atoms with Crippen LogP contribution in [0, 0.1) is 0 Å². The smallest absolute Gasteiger partial charge is 0.191 e. The summed E-state index contributed by atoms with van der Waals surface area (Å²) in [5.41, 5.74) is -0.621. The van der Waals surface area contributed by atoms with Gasteiger partial charge in [0.25, 0.3) is 0 Å². The normalized spacial score (nSPS) is 25.8. The van der Waals surface area contributed by atoms with Crippen LogP contribution in [0.1, 0.15) is 51.9 Å². The van der Waals surface area contributed by atoms with E-state index in [0.717, 1.165) is 43.6 Å². The number of nitrogens with zero attached hydrogens (tertiary/aromatic N) is 1. The summed E-state index contributed by atoms with van der Waals surface area (Å²) < 4.78 is 5.99. The van der Waals surface area contributed by atoms with Crippen LogP contribution in [0.5, 0.6) is 0 Å². The van der Waals surface area contributed by atoms with Gasteiger partial charge in [-0.25, -0.2) is 0 Å². The monoisotopic (exact) mass is 471 g/mol. The molecule has 5 nitrogen and oxygen atoms in total. The molecule has 2 rings (SSSR count). The highest BCUT2D eigenvalue weighted by molar-refractivity contribution is 14.0. The highest BCUT2D eigenvalue weighted by atomic mass is 127. The molecule has 0 aromatic carbocycles. The fourth-order valence-corrected chi connectivity index (χ4v) is 4.38. The number of hydrogen-bond acceptors (Lipinski definition) is 4. The number of aliphatic imine (C=N–C) groups is 1. The van der Waals surface area contributed by atoms with Crippen LogP contribution in [-0.2, 0) is 4.74 Å². The van der Waals surface area contributed by atoms with Gasteiger partial charge >= 0.3 is 0 Å². The fraction of sp³-hybridized carbons (Fsp3) is 0.941. The zero-order valence-electron chi connectivity index (χ0n) is 14.9. The molecular weight excluding hydrogens is 437 g/mol. The van der Waals surface area contributed by atoms with Crippen LogP contribution in [-0.4, -0.2) is 60.5 Å². The van der Waals surface area contributed by atoms with Crippen molar-refractivity contribution in [1.82, 2.24) is 10.6 Å². The number of aliphatic hydroxyl groups is 1. The van der Waals surface area contributed by atoms with Crippen LogP contribution in [0.4, 0.5) is 0 Å². The molecule has 0 aromatic rings. The van der Waals surface area contributed by atoms with Gasteiger partial charge in [-0.2, -0.15) is 11.8 Å². The third-order valence-corrected chi connectivity index (χ3v) is 5.74. The van der Waals surface area contributed by atoms with Crippen molar-refractivity contribution in [3.63, 3.8) is 0 Å². The molecule has 2 aliphatic rings. The van der Waals surface area contributed by atoms with Gasteiger partial charge in [0.05, 0.1) is 24.9 Å². The van der Waals surface area contributed by atoms with Gasteiger partial charge in [0.15, 0.2) is 5.96 Å². The molecule has 142 valence electrons. The Balaban J connectivity index is 0.00000288. The summed E-state index contributed by atoms with van der Waals surface area (Å²) in [6, 6.07) is 0. The molecule has 1 heterocycles. The number of rotatable bonds is 7. The van der Waals surface area contributed by atoms with Crippen molar-refractivity contribution in [1.29, 1.82) is 0 Å². The zero-order chi connectivity index (χ0) is 16.4. The van der Waals surface area contributed by atoms with E-state index in [2.05, 4.69) is 22.5 Å². The van der Waals surface area contributed by atoms with E-state index >= 15 is 0 Å². The predicted octanol–water partition coefficient (Wildman–Crippen LogP) is 2.77. The van der Waals surface area contributed by atoms with Gasteiger partial charge < -0.3 is 20.5 Å². The molecule has 1 unspecified atom stereocenters. The average molecular weight is 471 g/mol. The summed E-state index contributed by atoms with van der Waals surface area (Å²) in [7, 11) is 0. The van der Waals surface area contributed by atoms with Crippen LogP contribution >= 0.6 is 35.7 Å². The number of nitrogens with one attached hydrogen (secondary N) is 2. The topological polar surface area (TPSA) is 65.9 Å². The Morgan fingerprint density at radius 2 is 2.00 bits per heavy atom. The molecule has 1 aliphatic carbocycles. The Morgan fingerprint density at radius 3 is 2.62 bits per heavy atom. The first-order chi connectivity index (χ1) is 11.2. The minimum absolute atomic E-state index is 0. The first-order valence-electron chi connectivity index (χ1n) is 9.16. The van der Waals surface area contributed by atoms with Gasteiger partial charge in [-0.05, 0) is 31.9 Å². The maximum absolute atomic E-state index is 10.4. The van der Waals surface area contributed by atoms with Crippen LogP contribution in [0.2, 0.25) is 0 Å². The second-order valence-corrected chi connectivity index (χ2v) is 7.74. The van der Waals surface area contributed by atoms with Crippen molar-refractivity contribution in [2.45, 2.75) is 63.6 Å². The minimum Gasteiger partial charge on any atom is -0.387 e. The van der Waals surface area contributed by atoms with Crippen molar-refractivity contribution in [3.05, 3.63) is 0 Å². The minimum atomic E-state index is -0.621. The highest BCUT2D eigenvalue weighted by Crippen LogP contribution is 2.27. The summed E-state index contributed by atoms with van der Waals surface area (Å²) in [6.07, 6.45) is 9.02. The zero-order valence-corrected chi connectivity index (χ0v) is 18.0. The molecule has 0 spiro atoms. The molecule has 1 saturated carbocycles. The molecule has 3 N–H and O–H groups in total. The van der Waals surface area contributed by atoms with E-state index in [1.165, 1.54) is 38.5 Å². The maximum Gasteiger partial charge on any atom is 0.191 e. The first kappa shape index (κ1) is 22.3. The Kier molecular flexibility index (Phi) is 11.7. The lowest BCUT2D eigenvalue weighted by atomic mass is 10.1. The van der Waals surface area contributed by atoms with Gasteiger partial charge in [0.1, 0.15) is 0 Å². The van der Waals surface area contributed by atoms with Crippen LogP contribution < -0.4 is 10.6 Å². The summed E-state index contributed by atoms with van der Waals surface area (Å²) >= 11 is 1.80. The van der Waals surface area contributed by atoms with Gasteiger partial charge in [0.2, 0.25) is 0 Å². The van der Waals surface area contributed by atoms with Crippen molar-refractivity contribution in [2.75, 3.05) is 37.7 Å². The number of hydrogen-bond donors (Lipinski definition) is 3. The fourth-order valence-electron chi connectivity index (χ4n) is 3.09. The van der Waals surface area contributed by atoms with Crippen molar-refractivity contribution >= 4 is 41.7 Å². The molecule has 24 heavy (non-hydrogen) atoms. The first-order valence-corrected chi connectivity index (χ1v) is 10.3. The molecule has 1 saturated heterocycles. The van der Waals surface area contributed by atoms with Gasteiger partial charge in [-0.1, -0.05) is 25.7 Å². The lowest BCUT2D eigenvalue weighted by molar-refractivity contribution is 0.0467. The van der Waals surface area contributed by atoms with E-state index in [1.54, 1.807) is 11.8 Å². The third kappa shape index (κ3) is 8.58. The molecule has 0 amide bonds. The van der Waals surface area contributed by atoms with Crippen LogP contribution in [0.15, 0.2) is 4.99 Å². The van der Waals surface area contributed by atoms with E-state index < -0.39 is 5.60 Å². The Bertz CT molecular complexity index is 358. The summed E-state index contributed by atoms with van der Waals surface area (Å²) in [4.78, 5) is 4.54. The lowest BCUT2D eigenvalue weighted by Gasteiger charge is -2.20. The van der Waals surface area contributed by atoms with Gasteiger partial charge in [0, 0.05) is 18.8 Å². The Labute approximate surface area is 168 Å². The summed E-state index contributed by atoms with van der Waals surface area (Å²) in [6.45, 7) is 4.82. The maximum atomic E-state index is 10.4. The van der Waals surface area contributed by atoms with E-state index in [0.29, 0.717) is 12.6 Å². The summed E-state index contributed by atoms with van der Waals surface area (Å²) in [5, 5.41) is 16.9. The highest BCUT2D eigenvalue weighted by Gasteiger charge is 2.31. The number of ether oxygens (including phenoxy) is 1. The molecule has 0 aromatic heterocycles.